The summed E-state index contributed by atoms with van der Waals surface area (Å²) in [6.45, 7) is 0. The Kier molecular flexibility index (Phi) is 4.86. The summed E-state index contributed by atoms with van der Waals surface area (Å²) >= 11 is 6.23. The van der Waals surface area contributed by atoms with Crippen molar-refractivity contribution in [3.8, 4) is 22.3 Å². The fourth-order valence-electron chi connectivity index (χ4n) is 6.55. The molecule has 0 unspecified atom stereocenters. The first-order valence-electron chi connectivity index (χ1n) is 13.2. The van der Waals surface area contributed by atoms with Crippen molar-refractivity contribution in [2.45, 2.75) is 5.41 Å². The Morgan fingerprint density at radius 2 is 1.03 bits per heavy atom. The predicted molar refractivity (Wildman–Crippen MR) is 161 cm³/mol. The summed E-state index contributed by atoms with van der Waals surface area (Å²) in [5, 5.41) is 2.86. The van der Waals surface area contributed by atoms with Gasteiger partial charge in [0.25, 0.3) is 0 Å². The lowest BCUT2D eigenvalue weighted by molar-refractivity contribution is 0.669. The summed E-state index contributed by atoms with van der Waals surface area (Å²) in [6, 6.07) is 49.9. The van der Waals surface area contributed by atoms with E-state index in [0.29, 0.717) is 5.02 Å². The van der Waals surface area contributed by atoms with Crippen molar-refractivity contribution in [2.24, 2.45) is 0 Å². The summed E-state index contributed by atoms with van der Waals surface area (Å²) in [5.41, 5.74) is 11.3. The Hall–Kier alpha value is -4.59. The molecule has 1 nitrogen and oxygen atoms in total. The minimum Gasteiger partial charge on any atom is -0.456 e. The Labute approximate surface area is 231 Å². The van der Waals surface area contributed by atoms with Gasteiger partial charge in [-0.2, -0.15) is 0 Å². The van der Waals surface area contributed by atoms with Crippen LogP contribution in [0, 0.1) is 0 Å². The van der Waals surface area contributed by atoms with Gasteiger partial charge in [-0.3, -0.25) is 0 Å². The topological polar surface area (TPSA) is 13.1 Å². The molecule has 0 atom stereocenters. The minimum atomic E-state index is -0.412. The number of furan rings is 1. The third kappa shape index (κ3) is 3.21. The van der Waals surface area contributed by atoms with Gasteiger partial charge in [0.05, 0.1) is 5.41 Å². The molecule has 1 aromatic heterocycles. The second kappa shape index (κ2) is 8.46. The van der Waals surface area contributed by atoms with Gasteiger partial charge in [0.2, 0.25) is 0 Å². The van der Waals surface area contributed by atoms with Crippen molar-refractivity contribution in [3.05, 3.63) is 167 Å². The molecule has 0 amide bonds. The zero-order valence-corrected chi connectivity index (χ0v) is 21.8. The summed E-state index contributed by atoms with van der Waals surface area (Å²) in [5.74, 6) is 0. The Balaban J connectivity index is 1.40. The number of benzene rings is 6. The normalized spacial score (nSPS) is 13.5. The van der Waals surface area contributed by atoms with Gasteiger partial charge in [-0.1, -0.05) is 115 Å². The SMILES string of the molecule is Clc1ccc2c(c1)oc1cc(-c3ccc4c(c3)C(c3ccccc3)(c3ccccc3)c3ccccc3-4)ccc12. The van der Waals surface area contributed by atoms with Crippen LogP contribution in [0.4, 0.5) is 0 Å². The lowest BCUT2D eigenvalue weighted by atomic mass is 9.67. The average molecular weight is 519 g/mol. The van der Waals surface area contributed by atoms with Crippen LogP contribution >= 0.6 is 11.6 Å². The smallest absolute Gasteiger partial charge is 0.136 e. The predicted octanol–water partition coefficient (Wildman–Crippen LogP) is 10.3. The quantitative estimate of drug-likeness (QED) is 0.227. The number of rotatable bonds is 3. The molecule has 6 aromatic carbocycles. The molecule has 0 aliphatic heterocycles. The van der Waals surface area contributed by atoms with Crippen LogP contribution in [0.15, 0.2) is 144 Å². The molecule has 0 fully saturated rings. The first-order valence-corrected chi connectivity index (χ1v) is 13.6. The highest BCUT2D eigenvalue weighted by molar-refractivity contribution is 6.31. The van der Waals surface area contributed by atoms with Gasteiger partial charge in [0, 0.05) is 21.9 Å². The van der Waals surface area contributed by atoms with E-state index < -0.39 is 5.41 Å². The van der Waals surface area contributed by atoms with E-state index in [1.54, 1.807) is 0 Å². The van der Waals surface area contributed by atoms with Crippen LogP contribution in [0.2, 0.25) is 5.02 Å². The second-order valence-corrected chi connectivity index (χ2v) is 10.7. The van der Waals surface area contributed by atoms with Crippen LogP contribution in [-0.2, 0) is 5.41 Å². The summed E-state index contributed by atoms with van der Waals surface area (Å²) in [6.07, 6.45) is 0. The molecular weight excluding hydrogens is 496 g/mol. The molecule has 1 aliphatic rings. The van der Waals surface area contributed by atoms with Crippen molar-refractivity contribution >= 4 is 33.5 Å². The van der Waals surface area contributed by atoms with E-state index in [9.17, 15) is 0 Å². The van der Waals surface area contributed by atoms with E-state index in [-0.39, 0.29) is 0 Å². The summed E-state index contributed by atoms with van der Waals surface area (Å²) < 4.78 is 6.23. The van der Waals surface area contributed by atoms with E-state index in [1.807, 2.05) is 18.2 Å². The van der Waals surface area contributed by atoms with Gasteiger partial charge < -0.3 is 4.42 Å². The molecule has 8 rings (SSSR count). The van der Waals surface area contributed by atoms with E-state index in [1.165, 1.54) is 33.4 Å². The van der Waals surface area contributed by atoms with E-state index >= 15 is 0 Å². The van der Waals surface area contributed by atoms with Crippen molar-refractivity contribution in [1.29, 1.82) is 0 Å². The van der Waals surface area contributed by atoms with Crippen LogP contribution in [-0.4, -0.2) is 0 Å². The molecule has 0 radical (unpaired) electrons. The van der Waals surface area contributed by atoms with Crippen LogP contribution in [0.25, 0.3) is 44.2 Å². The molecule has 1 heterocycles. The Morgan fingerprint density at radius 1 is 0.462 bits per heavy atom. The van der Waals surface area contributed by atoms with Crippen molar-refractivity contribution in [1.82, 2.24) is 0 Å². The maximum absolute atomic E-state index is 6.23. The van der Waals surface area contributed by atoms with Crippen LogP contribution in [0.1, 0.15) is 22.3 Å². The van der Waals surface area contributed by atoms with Gasteiger partial charge >= 0.3 is 0 Å². The highest BCUT2D eigenvalue weighted by Gasteiger charge is 2.46. The molecule has 1 aliphatic carbocycles. The Bertz CT molecular complexity index is 1980. The van der Waals surface area contributed by atoms with Crippen LogP contribution in [0.3, 0.4) is 0 Å². The second-order valence-electron chi connectivity index (χ2n) is 10.2. The highest BCUT2D eigenvalue weighted by Crippen LogP contribution is 2.56. The van der Waals surface area contributed by atoms with Gasteiger partial charge in [0.15, 0.2) is 0 Å². The fourth-order valence-corrected chi connectivity index (χ4v) is 6.72. The molecule has 39 heavy (non-hydrogen) atoms. The lowest BCUT2D eigenvalue weighted by Crippen LogP contribution is -2.28. The molecule has 184 valence electrons. The van der Waals surface area contributed by atoms with Crippen LogP contribution < -0.4 is 0 Å². The first kappa shape index (κ1) is 22.4. The standard InChI is InChI=1S/C37H23ClO/c38-28-17-20-32-31-19-16-25(22-35(31)39-36(32)23-28)24-15-18-30-29-13-7-8-14-33(29)37(34(30)21-24,26-9-3-1-4-10-26)27-11-5-2-6-12-27/h1-23H. The molecule has 0 saturated heterocycles. The third-order valence-corrected chi connectivity index (χ3v) is 8.46. The molecule has 0 N–H and O–H groups in total. The van der Waals surface area contributed by atoms with E-state index in [2.05, 4.69) is 121 Å². The maximum Gasteiger partial charge on any atom is 0.136 e. The Morgan fingerprint density at radius 3 is 1.77 bits per heavy atom. The van der Waals surface area contributed by atoms with Crippen LogP contribution in [0.5, 0.6) is 0 Å². The zero-order chi connectivity index (χ0) is 26.0. The third-order valence-electron chi connectivity index (χ3n) is 8.23. The highest BCUT2D eigenvalue weighted by atomic mass is 35.5. The fraction of sp³-hybridized carbons (Fsp3) is 0.0270. The van der Waals surface area contributed by atoms with E-state index in [4.69, 9.17) is 16.0 Å². The largest absolute Gasteiger partial charge is 0.456 e. The summed E-state index contributed by atoms with van der Waals surface area (Å²) in [4.78, 5) is 0. The maximum atomic E-state index is 6.23. The van der Waals surface area contributed by atoms with Gasteiger partial charge in [-0.05, 0) is 74.8 Å². The number of hydrogen-bond donors (Lipinski definition) is 0. The van der Waals surface area contributed by atoms with Crippen molar-refractivity contribution in [3.63, 3.8) is 0 Å². The number of hydrogen-bond acceptors (Lipinski definition) is 1. The monoisotopic (exact) mass is 518 g/mol. The lowest BCUT2D eigenvalue weighted by Gasteiger charge is -2.34. The molecule has 0 bridgehead atoms. The molecule has 2 heteroatoms. The van der Waals surface area contributed by atoms with Gasteiger partial charge in [-0.25, -0.2) is 0 Å². The minimum absolute atomic E-state index is 0.412. The zero-order valence-electron chi connectivity index (χ0n) is 21.1. The number of halogens is 1. The average Bonchev–Trinajstić information content (AvgIpc) is 3.50. The van der Waals surface area contributed by atoms with E-state index in [0.717, 1.165) is 33.1 Å². The molecule has 0 spiro atoms. The molecule has 0 saturated carbocycles. The molecular formula is C37H23ClO. The number of fused-ring (bicyclic) bond motifs is 6. The summed E-state index contributed by atoms with van der Waals surface area (Å²) in [7, 11) is 0. The van der Waals surface area contributed by atoms with Crippen molar-refractivity contribution in [2.75, 3.05) is 0 Å². The van der Waals surface area contributed by atoms with Gasteiger partial charge in [-0.15, -0.1) is 0 Å². The molecule has 7 aromatic rings. The van der Waals surface area contributed by atoms with Gasteiger partial charge in [0.1, 0.15) is 11.2 Å². The first-order chi connectivity index (χ1) is 19.2. The van der Waals surface area contributed by atoms with Crippen molar-refractivity contribution < 1.29 is 4.42 Å².